The number of carbonyl (C=O) groups is 2. The van der Waals surface area contributed by atoms with Crippen LogP contribution in [-0.2, 0) is 4.79 Å². The Balaban J connectivity index is 1.95. The molecule has 3 amide bonds. The van der Waals surface area contributed by atoms with Crippen molar-refractivity contribution in [3.8, 4) is 17.1 Å². The summed E-state index contributed by atoms with van der Waals surface area (Å²) in [4.78, 5) is 23.2. The molecule has 0 atom stereocenters. The summed E-state index contributed by atoms with van der Waals surface area (Å²) >= 11 is 1.22. The first-order chi connectivity index (χ1) is 13.5. The van der Waals surface area contributed by atoms with Crippen LogP contribution in [0.1, 0.15) is 11.1 Å². The minimum Gasteiger partial charge on any atom is -0.341 e. The number of rotatable bonds is 5. The molecule has 0 aliphatic heterocycles. The molecule has 144 valence electrons. The molecule has 1 aromatic heterocycles. The maximum atomic E-state index is 11.9. The Labute approximate surface area is 167 Å². The molecule has 7 nitrogen and oxygen atoms in total. The summed E-state index contributed by atoms with van der Waals surface area (Å²) < 4.78 is 1.92. The quantitative estimate of drug-likeness (QED) is 0.648. The first-order valence-electron chi connectivity index (χ1n) is 8.72. The van der Waals surface area contributed by atoms with E-state index >= 15 is 0 Å². The monoisotopic (exact) mass is 395 g/mol. The fraction of sp³-hybridized carbons (Fsp3) is 0.200. The minimum absolute atomic E-state index is 0.0469. The van der Waals surface area contributed by atoms with Crippen LogP contribution in [0.2, 0.25) is 0 Å². The molecule has 0 radical (unpaired) electrons. The van der Waals surface area contributed by atoms with E-state index < -0.39 is 11.9 Å². The summed E-state index contributed by atoms with van der Waals surface area (Å²) in [6.45, 7) is 4.05. The van der Waals surface area contributed by atoms with Gasteiger partial charge in [0.1, 0.15) is 0 Å². The van der Waals surface area contributed by atoms with Gasteiger partial charge in [-0.25, -0.2) is 4.79 Å². The summed E-state index contributed by atoms with van der Waals surface area (Å²) in [5.41, 5.74) is 4.11. The predicted molar refractivity (Wildman–Crippen MR) is 110 cm³/mol. The highest BCUT2D eigenvalue weighted by Crippen LogP contribution is 2.28. The SMILES string of the molecule is CNC(=O)NC(=O)CSc1nnc(-c2cccc(C)c2)n1-c1ccc(C)cc1. The van der Waals surface area contributed by atoms with Gasteiger partial charge < -0.3 is 5.32 Å². The molecule has 0 spiro atoms. The van der Waals surface area contributed by atoms with Crippen LogP contribution in [0.25, 0.3) is 17.1 Å². The molecule has 0 saturated heterocycles. The van der Waals surface area contributed by atoms with E-state index in [1.807, 2.05) is 66.9 Å². The first-order valence-corrected chi connectivity index (χ1v) is 9.70. The number of benzene rings is 2. The zero-order valence-corrected chi connectivity index (χ0v) is 16.7. The number of carbonyl (C=O) groups excluding carboxylic acids is 2. The van der Waals surface area contributed by atoms with Gasteiger partial charge in [-0.15, -0.1) is 10.2 Å². The molecule has 8 heteroatoms. The minimum atomic E-state index is -0.536. The van der Waals surface area contributed by atoms with Gasteiger partial charge in [0.05, 0.1) is 5.75 Å². The van der Waals surface area contributed by atoms with Crippen molar-refractivity contribution < 1.29 is 9.59 Å². The number of hydrogen-bond donors (Lipinski definition) is 2. The van der Waals surface area contributed by atoms with Crippen LogP contribution >= 0.6 is 11.8 Å². The van der Waals surface area contributed by atoms with Gasteiger partial charge in [-0.1, -0.05) is 53.2 Å². The molecule has 0 saturated carbocycles. The number of nitrogens with zero attached hydrogens (tertiary/aromatic N) is 3. The van der Waals surface area contributed by atoms with Gasteiger partial charge in [0.15, 0.2) is 11.0 Å². The van der Waals surface area contributed by atoms with Gasteiger partial charge >= 0.3 is 6.03 Å². The van der Waals surface area contributed by atoms with E-state index in [0.29, 0.717) is 11.0 Å². The van der Waals surface area contributed by atoms with Crippen LogP contribution in [0.15, 0.2) is 53.7 Å². The van der Waals surface area contributed by atoms with Crippen molar-refractivity contribution >= 4 is 23.7 Å². The van der Waals surface area contributed by atoms with Crippen LogP contribution < -0.4 is 10.6 Å². The lowest BCUT2D eigenvalue weighted by atomic mass is 10.1. The lowest BCUT2D eigenvalue weighted by Gasteiger charge is -2.11. The average molecular weight is 395 g/mol. The van der Waals surface area contributed by atoms with Gasteiger partial charge in [0.2, 0.25) is 5.91 Å². The molecule has 0 aliphatic carbocycles. The highest BCUT2D eigenvalue weighted by molar-refractivity contribution is 7.99. The van der Waals surface area contributed by atoms with E-state index in [9.17, 15) is 9.59 Å². The predicted octanol–water partition coefficient (Wildman–Crippen LogP) is 3.10. The Morgan fingerprint density at radius 3 is 2.46 bits per heavy atom. The third kappa shape index (κ3) is 4.58. The second-order valence-electron chi connectivity index (χ2n) is 6.26. The number of aromatic nitrogens is 3. The van der Waals surface area contributed by atoms with Gasteiger partial charge in [-0.05, 0) is 32.0 Å². The van der Waals surface area contributed by atoms with E-state index in [4.69, 9.17) is 0 Å². The van der Waals surface area contributed by atoms with Gasteiger partial charge in [-0.2, -0.15) is 0 Å². The number of thioether (sulfide) groups is 1. The molecule has 0 unspecified atom stereocenters. The average Bonchev–Trinajstić information content (AvgIpc) is 3.11. The third-order valence-corrected chi connectivity index (χ3v) is 4.94. The molecular weight excluding hydrogens is 374 g/mol. The summed E-state index contributed by atoms with van der Waals surface area (Å²) in [5.74, 6) is 0.340. The molecule has 0 bridgehead atoms. The van der Waals surface area contributed by atoms with Gasteiger partial charge in [0, 0.05) is 18.3 Å². The van der Waals surface area contributed by atoms with Crippen molar-refractivity contribution in [3.63, 3.8) is 0 Å². The number of urea groups is 1. The Hall–Kier alpha value is -3.13. The maximum Gasteiger partial charge on any atom is 0.321 e. The molecule has 3 rings (SSSR count). The second kappa shape index (κ2) is 8.71. The zero-order chi connectivity index (χ0) is 20.1. The number of hydrogen-bond acceptors (Lipinski definition) is 5. The van der Waals surface area contributed by atoms with Crippen LogP contribution in [0.3, 0.4) is 0 Å². The van der Waals surface area contributed by atoms with Gasteiger partial charge in [0.25, 0.3) is 0 Å². The number of nitrogens with one attached hydrogen (secondary N) is 2. The topological polar surface area (TPSA) is 88.9 Å². The Kier molecular flexibility index (Phi) is 6.10. The van der Waals surface area contributed by atoms with Gasteiger partial charge in [-0.3, -0.25) is 14.7 Å². The molecule has 3 aromatic rings. The lowest BCUT2D eigenvalue weighted by molar-refractivity contribution is -0.117. The number of amides is 3. The van der Waals surface area contributed by atoms with Crippen molar-refractivity contribution in [2.75, 3.05) is 12.8 Å². The molecule has 1 heterocycles. The Morgan fingerprint density at radius 1 is 1.04 bits per heavy atom. The Morgan fingerprint density at radius 2 is 1.79 bits per heavy atom. The summed E-state index contributed by atoms with van der Waals surface area (Å²) in [7, 11) is 1.46. The molecule has 0 aliphatic rings. The van der Waals surface area contributed by atoms with Crippen molar-refractivity contribution in [1.82, 2.24) is 25.4 Å². The van der Waals surface area contributed by atoms with Crippen molar-refractivity contribution in [2.24, 2.45) is 0 Å². The van der Waals surface area contributed by atoms with Crippen LogP contribution in [0, 0.1) is 13.8 Å². The van der Waals surface area contributed by atoms with Crippen LogP contribution in [-0.4, -0.2) is 39.5 Å². The highest BCUT2D eigenvalue weighted by Gasteiger charge is 2.18. The largest absolute Gasteiger partial charge is 0.341 e. The molecular formula is C20H21N5O2S. The number of aryl methyl sites for hydroxylation is 2. The number of imide groups is 1. The fourth-order valence-electron chi connectivity index (χ4n) is 2.62. The lowest BCUT2D eigenvalue weighted by Crippen LogP contribution is -2.38. The highest BCUT2D eigenvalue weighted by atomic mass is 32.2. The van der Waals surface area contributed by atoms with E-state index in [0.717, 1.165) is 22.4 Å². The molecule has 2 aromatic carbocycles. The fourth-order valence-corrected chi connectivity index (χ4v) is 3.37. The van der Waals surface area contributed by atoms with Crippen molar-refractivity contribution in [2.45, 2.75) is 19.0 Å². The Bertz CT molecular complexity index is 998. The molecule has 0 fully saturated rings. The standard InChI is InChI=1S/C20H21N5O2S/c1-13-7-9-16(10-8-13)25-18(15-6-4-5-14(2)11-15)23-24-20(25)28-12-17(26)22-19(27)21-3/h4-11H,12H2,1-3H3,(H2,21,22,26,27). The molecule has 28 heavy (non-hydrogen) atoms. The maximum absolute atomic E-state index is 11.9. The third-order valence-electron chi connectivity index (χ3n) is 4.01. The summed E-state index contributed by atoms with van der Waals surface area (Å²) in [6.07, 6.45) is 0. The van der Waals surface area contributed by atoms with E-state index in [1.165, 1.54) is 18.8 Å². The van der Waals surface area contributed by atoms with Crippen LogP contribution in [0.4, 0.5) is 4.79 Å². The van der Waals surface area contributed by atoms with E-state index in [2.05, 4.69) is 20.8 Å². The summed E-state index contributed by atoms with van der Waals surface area (Å²) in [5, 5.41) is 13.8. The van der Waals surface area contributed by atoms with Crippen molar-refractivity contribution in [1.29, 1.82) is 0 Å². The molecule has 2 N–H and O–H groups in total. The normalized spacial score (nSPS) is 10.5. The zero-order valence-electron chi connectivity index (χ0n) is 15.9. The van der Waals surface area contributed by atoms with Crippen molar-refractivity contribution in [3.05, 3.63) is 59.7 Å². The summed E-state index contributed by atoms with van der Waals surface area (Å²) in [6, 6.07) is 15.5. The van der Waals surface area contributed by atoms with E-state index in [-0.39, 0.29) is 5.75 Å². The smallest absolute Gasteiger partial charge is 0.321 e. The first kappa shape index (κ1) is 19.6. The van der Waals surface area contributed by atoms with E-state index in [1.54, 1.807) is 0 Å². The second-order valence-corrected chi connectivity index (χ2v) is 7.21. The van der Waals surface area contributed by atoms with Crippen LogP contribution in [0.5, 0.6) is 0 Å².